The van der Waals surface area contributed by atoms with Crippen LogP contribution in [0.2, 0.25) is 0 Å². The lowest BCUT2D eigenvalue weighted by Gasteiger charge is -2.11. The third kappa shape index (κ3) is 3.15. The molecule has 1 unspecified atom stereocenters. The van der Waals surface area contributed by atoms with Crippen molar-refractivity contribution < 1.29 is 0 Å². The van der Waals surface area contributed by atoms with Gasteiger partial charge in [0.25, 0.3) is 0 Å². The third-order valence-electron chi connectivity index (χ3n) is 2.37. The quantitative estimate of drug-likeness (QED) is 0.765. The van der Waals surface area contributed by atoms with Crippen molar-refractivity contribution in [3.05, 3.63) is 29.6 Å². The number of hydrogen-bond donors (Lipinski definition) is 1. The lowest BCUT2D eigenvalue weighted by molar-refractivity contribution is 0.532. The summed E-state index contributed by atoms with van der Waals surface area (Å²) >= 11 is 0. The number of rotatable bonds is 4. The van der Waals surface area contributed by atoms with Crippen LogP contribution >= 0.6 is 0 Å². The molecule has 0 saturated heterocycles. The Bertz CT molecular complexity index is 258. The van der Waals surface area contributed by atoms with E-state index in [-0.39, 0.29) is 0 Å². The Morgan fingerprint density at radius 1 is 1.54 bits per heavy atom. The zero-order valence-corrected chi connectivity index (χ0v) is 8.67. The molecule has 0 aliphatic rings. The highest BCUT2D eigenvalue weighted by Crippen LogP contribution is 2.03. The van der Waals surface area contributed by atoms with Crippen molar-refractivity contribution in [2.45, 2.75) is 39.8 Å². The summed E-state index contributed by atoms with van der Waals surface area (Å²) in [7, 11) is 0. The van der Waals surface area contributed by atoms with Crippen molar-refractivity contribution in [1.82, 2.24) is 10.3 Å². The monoisotopic (exact) mass is 178 g/mol. The van der Waals surface area contributed by atoms with E-state index in [4.69, 9.17) is 0 Å². The third-order valence-corrected chi connectivity index (χ3v) is 2.37. The van der Waals surface area contributed by atoms with Crippen LogP contribution in [0.15, 0.2) is 18.3 Å². The zero-order chi connectivity index (χ0) is 9.68. The minimum absolute atomic E-state index is 0.583. The van der Waals surface area contributed by atoms with Gasteiger partial charge in [-0.3, -0.25) is 4.98 Å². The molecule has 0 fully saturated rings. The van der Waals surface area contributed by atoms with E-state index in [1.807, 2.05) is 19.2 Å². The summed E-state index contributed by atoms with van der Waals surface area (Å²) in [4.78, 5) is 4.24. The van der Waals surface area contributed by atoms with Crippen molar-refractivity contribution >= 4 is 0 Å². The number of aryl methyl sites for hydroxylation is 1. The lowest BCUT2D eigenvalue weighted by Crippen LogP contribution is -2.24. The van der Waals surface area contributed by atoms with E-state index < -0.39 is 0 Å². The second-order valence-electron chi connectivity index (χ2n) is 3.44. The van der Waals surface area contributed by atoms with Crippen molar-refractivity contribution in [3.8, 4) is 0 Å². The average Bonchev–Trinajstić information content (AvgIpc) is 2.16. The minimum Gasteiger partial charge on any atom is -0.310 e. The van der Waals surface area contributed by atoms with E-state index in [2.05, 4.69) is 30.2 Å². The summed E-state index contributed by atoms with van der Waals surface area (Å²) in [6.45, 7) is 7.36. The van der Waals surface area contributed by atoms with Gasteiger partial charge in [-0.15, -0.1) is 0 Å². The summed E-state index contributed by atoms with van der Waals surface area (Å²) in [5.41, 5.74) is 2.42. The van der Waals surface area contributed by atoms with Crippen LogP contribution in [0.4, 0.5) is 0 Å². The van der Waals surface area contributed by atoms with Gasteiger partial charge in [-0.05, 0) is 31.9 Å². The molecule has 1 atom stereocenters. The van der Waals surface area contributed by atoms with Gasteiger partial charge in [-0.25, -0.2) is 0 Å². The SMILES string of the molecule is CCC(C)NCc1cccnc1C. The Hall–Kier alpha value is -0.890. The molecule has 13 heavy (non-hydrogen) atoms. The second-order valence-corrected chi connectivity index (χ2v) is 3.44. The summed E-state index contributed by atoms with van der Waals surface area (Å²) in [5.74, 6) is 0. The zero-order valence-electron chi connectivity index (χ0n) is 8.67. The van der Waals surface area contributed by atoms with Gasteiger partial charge in [0.1, 0.15) is 0 Å². The Kier molecular flexibility index (Phi) is 3.90. The Morgan fingerprint density at radius 2 is 2.31 bits per heavy atom. The van der Waals surface area contributed by atoms with Gasteiger partial charge in [0.2, 0.25) is 0 Å². The number of nitrogens with one attached hydrogen (secondary N) is 1. The maximum absolute atomic E-state index is 4.24. The van der Waals surface area contributed by atoms with Crippen LogP contribution in [0.25, 0.3) is 0 Å². The van der Waals surface area contributed by atoms with Crippen LogP contribution in [0.5, 0.6) is 0 Å². The normalized spacial score (nSPS) is 12.8. The molecule has 0 saturated carbocycles. The first-order valence-corrected chi connectivity index (χ1v) is 4.88. The summed E-state index contributed by atoms with van der Waals surface area (Å²) in [6, 6.07) is 4.69. The molecule has 2 heteroatoms. The maximum Gasteiger partial charge on any atom is 0.0417 e. The fourth-order valence-corrected chi connectivity index (χ4v) is 1.13. The summed E-state index contributed by atoms with van der Waals surface area (Å²) in [5, 5.41) is 3.45. The predicted octanol–water partition coefficient (Wildman–Crippen LogP) is 2.28. The smallest absolute Gasteiger partial charge is 0.0417 e. The highest BCUT2D eigenvalue weighted by Gasteiger charge is 2.00. The first-order chi connectivity index (χ1) is 6.24. The predicted molar refractivity (Wildman–Crippen MR) is 55.6 cm³/mol. The Labute approximate surface area is 80.4 Å². The molecule has 0 aliphatic carbocycles. The molecule has 0 amide bonds. The molecule has 0 aromatic carbocycles. The van der Waals surface area contributed by atoms with Crippen LogP contribution < -0.4 is 5.32 Å². The second kappa shape index (κ2) is 4.97. The maximum atomic E-state index is 4.24. The molecule has 0 spiro atoms. The van der Waals surface area contributed by atoms with Crippen molar-refractivity contribution in [2.24, 2.45) is 0 Å². The summed E-state index contributed by atoms with van der Waals surface area (Å²) < 4.78 is 0. The van der Waals surface area contributed by atoms with E-state index in [0.29, 0.717) is 6.04 Å². The highest BCUT2D eigenvalue weighted by molar-refractivity contribution is 5.17. The van der Waals surface area contributed by atoms with Crippen LogP contribution in [0.1, 0.15) is 31.5 Å². The van der Waals surface area contributed by atoms with E-state index in [0.717, 1.165) is 12.2 Å². The molecule has 2 nitrogen and oxygen atoms in total. The van der Waals surface area contributed by atoms with Gasteiger partial charge in [-0.1, -0.05) is 13.0 Å². The molecule has 1 aromatic rings. The Morgan fingerprint density at radius 3 is 2.92 bits per heavy atom. The molecular weight excluding hydrogens is 160 g/mol. The van der Waals surface area contributed by atoms with Gasteiger partial charge in [0, 0.05) is 24.5 Å². The molecule has 1 rings (SSSR count). The molecule has 72 valence electrons. The average molecular weight is 178 g/mol. The van der Waals surface area contributed by atoms with Crippen molar-refractivity contribution in [1.29, 1.82) is 0 Å². The van der Waals surface area contributed by atoms with Gasteiger partial charge < -0.3 is 5.32 Å². The van der Waals surface area contributed by atoms with Crippen LogP contribution in [-0.2, 0) is 6.54 Å². The molecule has 0 bridgehead atoms. The van der Waals surface area contributed by atoms with Crippen molar-refractivity contribution in [2.75, 3.05) is 0 Å². The fraction of sp³-hybridized carbons (Fsp3) is 0.545. The molecular formula is C11H18N2. The van der Waals surface area contributed by atoms with Crippen LogP contribution in [-0.4, -0.2) is 11.0 Å². The molecule has 1 aromatic heterocycles. The van der Waals surface area contributed by atoms with E-state index >= 15 is 0 Å². The van der Waals surface area contributed by atoms with Gasteiger partial charge in [0.05, 0.1) is 0 Å². The molecule has 1 N–H and O–H groups in total. The molecule has 1 heterocycles. The van der Waals surface area contributed by atoms with Crippen LogP contribution in [0, 0.1) is 6.92 Å². The van der Waals surface area contributed by atoms with Gasteiger partial charge in [0.15, 0.2) is 0 Å². The van der Waals surface area contributed by atoms with E-state index in [1.54, 1.807) is 0 Å². The fourth-order valence-electron chi connectivity index (χ4n) is 1.13. The summed E-state index contributed by atoms with van der Waals surface area (Å²) in [6.07, 6.45) is 3.00. The first kappa shape index (κ1) is 10.2. The minimum atomic E-state index is 0.583. The molecule has 0 aliphatic heterocycles. The van der Waals surface area contributed by atoms with E-state index in [9.17, 15) is 0 Å². The van der Waals surface area contributed by atoms with Gasteiger partial charge in [-0.2, -0.15) is 0 Å². The highest BCUT2D eigenvalue weighted by atomic mass is 14.9. The van der Waals surface area contributed by atoms with Crippen molar-refractivity contribution in [3.63, 3.8) is 0 Å². The van der Waals surface area contributed by atoms with Crippen LogP contribution in [0.3, 0.4) is 0 Å². The largest absolute Gasteiger partial charge is 0.310 e. The molecule has 0 radical (unpaired) electrons. The van der Waals surface area contributed by atoms with E-state index in [1.165, 1.54) is 12.0 Å². The first-order valence-electron chi connectivity index (χ1n) is 4.88. The Balaban J connectivity index is 2.50. The number of hydrogen-bond acceptors (Lipinski definition) is 2. The number of pyridine rings is 1. The standard InChI is InChI=1S/C11H18N2/c1-4-9(2)13-8-11-6-5-7-12-10(11)3/h5-7,9,13H,4,8H2,1-3H3. The number of nitrogens with zero attached hydrogens (tertiary/aromatic N) is 1. The van der Waals surface area contributed by atoms with Gasteiger partial charge >= 0.3 is 0 Å². The number of aromatic nitrogens is 1. The lowest BCUT2D eigenvalue weighted by atomic mass is 10.2. The topological polar surface area (TPSA) is 24.9 Å².